The number of nitrogens with zero attached hydrogens (tertiary/aromatic N) is 3. The number of phenols is 1. The van der Waals surface area contributed by atoms with E-state index >= 15 is 0 Å². The summed E-state index contributed by atoms with van der Waals surface area (Å²) in [6.07, 6.45) is 2.00. The molecule has 0 aliphatic carbocycles. The molecule has 0 bridgehead atoms. The van der Waals surface area contributed by atoms with E-state index in [1.165, 1.54) is 17.7 Å². The van der Waals surface area contributed by atoms with E-state index in [1.54, 1.807) is 53.1 Å². The first-order valence-electron chi connectivity index (χ1n) is 12.1. The van der Waals surface area contributed by atoms with Crippen molar-refractivity contribution >= 4 is 39.8 Å². The maximum Gasteiger partial charge on any atom is 0.335 e. The van der Waals surface area contributed by atoms with Gasteiger partial charge in [-0.15, -0.1) is 10.2 Å². The van der Waals surface area contributed by atoms with Crippen molar-refractivity contribution in [3.05, 3.63) is 101 Å². The molecule has 0 fully saturated rings. The number of halogens is 1. The van der Waals surface area contributed by atoms with Crippen LogP contribution in [0.4, 0.5) is 11.4 Å². The van der Waals surface area contributed by atoms with Crippen LogP contribution < -0.4 is 0 Å². The fourth-order valence-corrected chi connectivity index (χ4v) is 4.63. The van der Waals surface area contributed by atoms with Crippen LogP contribution in [0.5, 0.6) is 11.6 Å². The van der Waals surface area contributed by atoms with Crippen LogP contribution in [0.1, 0.15) is 29.3 Å². The maximum atomic E-state index is 11.4. The molecule has 0 amide bonds. The van der Waals surface area contributed by atoms with Gasteiger partial charge in [-0.3, -0.25) is 4.57 Å². The fraction of sp³-hybridized carbons (Fsp3) is 0.100. The zero-order valence-electron chi connectivity index (χ0n) is 20.5. The third kappa shape index (κ3) is 4.71. The first kappa shape index (κ1) is 25.0. The summed E-state index contributed by atoms with van der Waals surface area (Å²) in [6.45, 7) is 2.12. The van der Waals surface area contributed by atoms with Crippen LogP contribution in [0, 0.1) is 0 Å². The van der Waals surface area contributed by atoms with Crippen LogP contribution >= 0.6 is 11.6 Å². The second kappa shape index (κ2) is 10.4. The van der Waals surface area contributed by atoms with Crippen LogP contribution in [0.2, 0.25) is 5.02 Å². The van der Waals surface area contributed by atoms with Gasteiger partial charge in [0.25, 0.3) is 0 Å². The van der Waals surface area contributed by atoms with Crippen molar-refractivity contribution in [2.75, 3.05) is 0 Å². The predicted molar refractivity (Wildman–Crippen MR) is 149 cm³/mol. The van der Waals surface area contributed by atoms with Gasteiger partial charge in [-0.1, -0.05) is 61.3 Å². The van der Waals surface area contributed by atoms with Crippen molar-refractivity contribution in [2.24, 2.45) is 10.2 Å². The van der Waals surface area contributed by atoms with Crippen molar-refractivity contribution in [1.29, 1.82) is 0 Å². The Hall–Kier alpha value is -4.62. The van der Waals surface area contributed by atoms with Gasteiger partial charge < -0.3 is 15.3 Å². The minimum Gasteiger partial charge on any atom is -0.505 e. The van der Waals surface area contributed by atoms with Gasteiger partial charge in [-0.05, 0) is 66.1 Å². The van der Waals surface area contributed by atoms with Gasteiger partial charge in [0.15, 0.2) is 11.4 Å². The van der Waals surface area contributed by atoms with E-state index in [-0.39, 0.29) is 28.6 Å². The Morgan fingerprint density at radius 2 is 1.68 bits per heavy atom. The molecule has 5 aromatic rings. The average molecular weight is 526 g/mol. The van der Waals surface area contributed by atoms with Crippen molar-refractivity contribution in [3.8, 4) is 28.4 Å². The lowest BCUT2D eigenvalue weighted by Gasteiger charge is -2.08. The number of benzene rings is 4. The van der Waals surface area contributed by atoms with Gasteiger partial charge in [0, 0.05) is 21.7 Å². The molecule has 7 nitrogen and oxygen atoms in total. The minimum atomic E-state index is -1.06. The number of carboxylic acid groups (broad SMARTS) is 1. The molecule has 0 radical (unpaired) electrons. The number of aromatic carboxylic acids is 1. The molecule has 0 saturated heterocycles. The Bertz CT molecular complexity index is 1690. The van der Waals surface area contributed by atoms with Crippen molar-refractivity contribution in [1.82, 2.24) is 4.57 Å². The number of aromatic hydroxyl groups is 2. The van der Waals surface area contributed by atoms with E-state index in [1.807, 2.05) is 24.3 Å². The summed E-state index contributed by atoms with van der Waals surface area (Å²) < 4.78 is 1.67. The van der Waals surface area contributed by atoms with E-state index in [2.05, 4.69) is 17.2 Å². The molecule has 0 aliphatic heterocycles. The van der Waals surface area contributed by atoms with Gasteiger partial charge in [0.05, 0.1) is 11.1 Å². The van der Waals surface area contributed by atoms with Crippen LogP contribution in [0.25, 0.3) is 27.7 Å². The fourth-order valence-electron chi connectivity index (χ4n) is 4.46. The van der Waals surface area contributed by atoms with Gasteiger partial charge in [-0.2, -0.15) is 0 Å². The van der Waals surface area contributed by atoms with E-state index in [0.29, 0.717) is 27.1 Å². The Labute approximate surface area is 223 Å². The number of hydrogen-bond acceptors (Lipinski definition) is 5. The summed E-state index contributed by atoms with van der Waals surface area (Å²) in [5, 5.41) is 41.2. The summed E-state index contributed by atoms with van der Waals surface area (Å²) in [7, 11) is 0. The normalized spacial score (nSPS) is 11.4. The molecule has 0 saturated carbocycles. The number of carboxylic acids is 1. The van der Waals surface area contributed by atoms with Crippen LogP contribution in [0.3, 0.4) is 0 Å². The third-order valence-corrected chi connectivity index (χ3v) is 6.54. The average Bonchev–Trinajstić information content (AvgIpc) is 3.19. The lowest BCUT2D eigenvalue weighted by Crippen LogP contribution is -1.95. The zero-order chi connectivity index (χ0) is 26.8. The summed E-state index contributed by atoms with van der Waals surface area (Å²) in [4.78, 5) is 11.4. The van der Waals surface area contributed by atoms with Crippen molar-refractivity contribution in [2.45, 2.75) is 19.8 Å². The van der Waals surface area contributed by atoms with Crippen molar-refractivity contribution in [3.63, 3.8) is 0 Å². The predicted octanol–water partition coefficient (Wildman–Crippen LogP) is 8.43. The highest BCUT2D eigenvalue weighted by molar-refractivity contribution is 6.31. The lowest BCUT2D eigenvalue weighted by atomic mass is 10.0. The number of rotatable bonds is 7. The number of para-hydroxylation sites is 1. The largest absolute Gasteiger partial charge is 0.505 e. The summed E-state index contributed by atoms with van der Waals surface area (Å²) >= 11 is 6.29. The third-order valence-electron chi connectivity index (χ3n) is 6.31. The Morgan fingerprint density at radius 1 is 0.921 bits per heavy atom. The molecule has 0 spiro atoms. The molecule has 0 unspecified atom stereocenters. The van der Waals surface area contributed by atoms with Gasteiger partial charge in [0.1, 0.15) is 5.69 Å². The lowest BCUT2D eigenvalue weighted by molar-refractivity contribution is 0.0697. The smallest absolute Gasteiger partial charge is 0.335 e. The first-order valence-corrected chi connectivity index (χ1v) is 12.4. The van der Waals surface area contributed by atoms with Crippen LogP contribution in [-0.4, -0.2) is 25.9 Å². The standard InChI is InChI=1S/C30H24ClN3O4/c1-2-5-18-10-13-22(14-11-18)34-26-17-21(31)12-15-24(26)27(29(34)36)33-32-25-9-4-8-23(28(25)35)19-6-3-7-20(16-19)30(37)38/h3-4,6-17,35-36H,2,5H2,1H3,(H,37,38). The molecule has 0 atom stereocenters. The molecule has 8 heteroatoms. The number of aryl methyl sites for hydroxylation is 1. The molecule has 1 aromatic heterocycles. The molecular formula is C30H24ClN3O4. The molecular weight excluding hydrogens is 502 g/mol. The van der Waals surface area contributed by atoms with Crippen LogP contribution in [-0.2, 0) is 6.42 Å². The molecule has 1 heterocycles. The maximum absolute atomic E-state index is 11.4. The van der Waals surface area contributed by atoms with Crippen LogP contribution in [0.15, 0.2) is 95.2 Å². The second-order valence-electron chi connectivity index (χ2n) is 8.84. The SMILES string of the molecule is CCCc1ccc(-n2c(O)c(N=Nc3cccc(-c4cccc(C(=O)O)c4)c3O)c3ccc(Cl)cc32)cc1. The molecule has 0 aliphatic rings. The summed E-state index contributed by atoms with van der Waals surface area (Å²) in [6, 6.07) is 24.4. The van der Waals surface area contributed by atoms with E-state index in [9.17, 15) is 20.1 Å². The molecule has 38 heavy (non-hydrogen) atoms. The highest BCUT2D eigenvalue weighted by Gasteiger charge is 2.19. The van der Waals surface area contributed by atoms with E-state index in [0.717, 1.165) is 18.5 Å². The Kier molecular flexibility index (Phi) is 6.85. The zero-order valence-corrected chi connectivity index (χ0v) is 21.2. The topological polar surface area (TPSA) is 107 Å². The minimum absolute atomic E-state index is 0.105. The van der Waals surface area contributed by atoms with Gasteiger partial charge in [-0.25, -0.2) is 4.79 Å². The molecule has 3 N–H and O–H groups in total. The van der Waals surface area contributed by atoms with Gasteiger partial charge >= 0.3 is 5.97 Å². The quantitative estimate of drug-likeness (QED) is 0.185. The number of carbonyl (C=O) groups is 1. The Balaban J connectivity index is 1.58. The molecule has 5 rings (SSSR count). The highest BCUT2D eigenvalue weighted by atomic mass is 35.5. The second-order valence-corrected chi connectivity index (χ2v) is 9.28. The van der Waals surface area contributed by atoms with E-state index in [4.69, 9.17) is 11.6 Å². The monoisotopic (exact) mass is 525 g/mol. The summed E-state index contributed by atoms with van der Waals surface area (Å²) in [5.41, 5.74) is 4.06. The number of hydrogen-bond donors (Lipinski definition) is 3. The van der Waals surface area contributed by atoms with E-state index < -0.39 is 5.97 Å². The van der Waals surface area contributed by atoms with Gasteiger partial charge in [0.2, 0.25) is 5.88 Å². The molecule has 190 valence electrons. The number of aromatic nitrogens is 1. The Morgan fingerprint density at radius 3 is 2.42 bits per heavy atom. The summed E-state index contributed by atoms with van der Waals surface area (Å²) in [5.74, 6) is -1.33. The first-order chi connectivity index (χ1) is 18.4. The number of phenolic OH excluding ortho intramolecular Hbond substituents is 1. The number of azo groups is 1. The van der Waals surface area contributed by atoms with Crippen molar-refractivity contribution < 1.29 is 20.1 Å². The number of fused-ring (bicyclic) bond motifs is 1. The highest BCUT2D eigenvalue weighted by Crippen LogP contribution is 2.44. The molecule has 4 aromatic carbocycles.